The van der Waals surface area contributed by atoms with Crippen LogP contribution >= 0.6 is 0 Å². The molecule has 6 nitrogen and oxygen atoms in total. The molecule has 3 aliphatic rings. The number of hydrogen-bond acceptors (Lipinski definition) is 6. The Morgan fingerprint density at radius 2 is 2.16 bits per heavy atom. The lowest BCUT2D eigenvalue weighted by molar-refractivity contribution is 0.0990. The Morgan fingerprint density at radius 1 is 1.28 bits per heavy atom. The predicted molar refractivity (Wildman–Crippen MR) is 96.6 cm³/mol. The number of fused-ring (bicyclic) bond motifs is 1. The second-order valence-electron chi connectivity index (χ2n) is 7.18. The van der Waals surface area contributed by atoms with E-state index in [1.165, 1.54) is 12.8 Å². The van der Waals surface area contributed by atoms with E-state index in [1.54, 1.807) is 12.3 Å². The number of ether oxygens (including phenoxy) is 1. The Hall–Kier alpha value is -1.63. The van der Waals surface area contributed by atoms with Crippen molar-refractivity contribution in [3.8, 4) is 0 Å². The first-order valence-electron chi connectivity index (χ1n) is 9.43. The Morgan fingerprint density at radius 3 is 2.96 bits per heavy atom. The highest BCUT2D eigenvalue weighted by molar-refractivity contribution is 6.17. The number of pyridine rings is 1. The van der Waals surface area contributed by atoms with Crippen LogP contribution in [-0.4, -0.2) is 48.8 Å². The molecule has 1 atom stereocenters. The van der Waals surface area contributed by atoms with Gasteiger partial charge in [-0.05, 0) is 57.3 Å². The average molecular weight is 342 g/mol. The fraction of sp³-hybridized carbons (Fsp3) is 0.632. The van der Waals surface area contributed by atoms with E-state index in [1.807, 2.05) is 0 Å². The summed E-state index contributed by atoms with van der Waals surface area (Å²) in [4.78, 5) is 21.8. The molecule has 3 aliphatic heterocycles. The fourth-order valence-corrected chi connectivity index (χ4v) is 3.93. The number of Topliss-reactive ketones (excluding diaryl/α,β-unsaturated/α-hetero) is 1. The Kier molecular flexibility index (Phi) is 5.20. The molecule has 4 rings (SSSR count). The van der Waals surface area contributed by atoms with Crippen LogP contribution in [0.25, 0.3) is 0 Å². The summed E-state index contributed by atoms with van der Waals surface area (Å²) in [5, 5.41) is 6.91. The Balaban J connectivity index is 1.48. The van der Waals surface area contributed by atoms with Gasteiger partial charge in [0.15, 0.2) is 5.78 Å². The number of carbonyl (C=O) groups excluding carboxylic acids is 1. The van der Waals surface area contributed by atoms with Gasteiger partial charge in [-0.3, -0.25) is 14.8 Å². The fourth-order valence-electron chi connectivity index (χ4n) is 3.93. The van der Waals surface area contributed by atoms with Crippen LogP contribution in [0.2, 0.25) is 0 Å². The highest BCUT2D eigenvalue weighted by Gasteiger charge is 2.29. The number of nitrogens with zero attached hydrogens (tertiary/aromatic N) is 2. The van der Waals surface area contributed by atoms with Gasteiger partial charge < -0.3 is 15.4 Å². The van der Waals surface area contributed by atoms with Crippen LogP contribution in [0, 0.1) is 5.92 Å². The van der Waals surface area contributed by atoms with E-state index in [-0.39, 0.29) is 11.9 Å². The number of aromatic nitrogens is 1. The largest absolute Gasteiger partial charge is 0.372 e. The van der Waals surface area contributed by atoms with Crippen LogP contribution < -0.4 is 10.6 Å². The Bertz CT molecular complexity index is 661. The van der Waals surface area contributed by atoms with Crippen molar-refractivity contribution in [3.63, 3.8) is 0 Å². The first-order chi connectivity index (χ1) is 12.3. The van der Waals surface area contributed by atoms with Crippen molar-refractivity contribution in [1.82, 2.24) is 15.6 Å². The summed E-state index contributed by atoms with van der Waals surface area (Å²) in [5.41, 5.74) is 3.20. The highest BCUT2D eigenvalue weighted by Crippen LogP contribution is 2.31. The van der Waals surface area contributed by atoms with Crippen LogP contribution in [0.15, 0.2) is 17.3 Å². The van der Waals surface area contributed by atoms with E-state index in [9.17, 15) is 4.79 Å². The van der Waals surface area contributed by atoms with E-state index in [0.717, 1.165) is 56.2 Å². The molecule has 6 heteroatoms. The van der Waals surface area contributed by atoms with Gasteiger partial charge in [0.1, 0.15) is 0 Å². The molecule has 4 heterocycles. The molecule has 0 aromatic carbocycles. The van der Waals surface area contributed by atoms with Crippen molar-refractivity contribution in [2.75, 3.05) is 26.2 Å². The molecule has 25 heavy (non-hydrogen) atoms. The second kappa shape index (κ2) is 7.72. The van der Waals surface area contributed by atoms with Gasteiger partial charge in [0.25, 0.3) is 0 Å². The van der Waals surface area contributed by atoms with Crippen molar-refractivity contribution in [3.05, 3.63) is 23.5 Å². The summed E-state index contributed by atoms with van der Waals surface area (Å²) in [6, 6.07) is 1.80. The topological polar surface area (TPSA) is 75.6 Å². The van der Waals surface area contributed by atoms with Crippen LogP contribution in [-0.2, 0) is 11.3 Å². The molecule has 0 amide bonds. The number of rotatable bonds is 5. The lowest BCUT2D eigenvalue weighted by atomic mass is 9.96. The molecule has 0 spiro atoms. The van der Waals surface area contributed by atoms with Gasteiger partial charge in [0.2, 0.25) is 0 Å². The number of carbonyl (C=O) groups is 1. The monoisotopic (exact) mass is 342 g/mol. The van der Waals surface area contributed by atoms with Gasteiger partial charge in [-0.2, -0.15) is 0 Å². The summed E-state index contributed by atoms with van der Waals surface area (Å²) < 4.78 is 5.73. The third-order valence-corrected chi connectivity index (χ3v) is 5.38. The van der Waals surface area contributed by atoms with Crippen LogP contribution in [0.5, 0.6) is 0 Å². The summed E-state index contributed by atoms with van der Waals surface area (Å²) in [5.74, 6) is 0.853. The minimum absolute atomic E-state index is 0.00727. The number of piperidine rings is 1. The lowest BCUT2D eigenvalue weighted by Gasteiger charge is -2.23. The zero-order chi connectivity index (χ0) is 17.1. The maximum absolute atomic E-state index is 12.5. The molecule has 0 bridgehead atoms. The van der Waals surface area contributed by atoms with Gasteiger partial charge in [0.05, 0.1) is 29.6 Å². The van der Waals surface area contributed by atoms with Gasteiger partial charge >= 0.3 is 0 Å². The average Bonchev–Trinajstić information content (AvgIpc) is 3.18. The molecule has 1 aromatic heterocycles. The molecule has 0 radical (unpaired) electrons. The lowest BCUT2D eigenvalue weighted by Crippen LogP contribution is -2.33. The molecule has 134 valence electrons. The van der Waals surface area contributed by atoms with Crippen molar-refractivity contribution in [1.29, 1.82) is 0 Å². The molecule has 2 saturated heterocycles. The maximum Gasteiger partial charge on any atom is 0.170 e. The number of aliphatic imine (C=N–C) groups is 1. The van der Waals surface area contributed by atoms with Gasteiger partial charge in [0, 0.05) is 24.9 Å². The zero-order valence-corrected chi connectivity index (χ0v) is 14.6. The first kappa shape index (κ1) is 16.8. The van der Waals surface area contributed by atoms with E-state index >= 15 is 0 Å². The van der Waals surface area contributed by atoms with Crippen LogP contribution in [0.1, 0.15) is 48.2 Å². The van der Waals surface area contributed by atoms with E-state index in [4.69, 9.17) is 9.73 Å². The van der Waals surface area contributed by atoms with E-state index < -0.39 is 0 Å². The molecule has 0 aliphatic carbocycles. The van der Waals surface area contributed by atoms with Crippen molar-refractivity contribution < 1.29 is 9.53 Å². The number of ketones is 1. The van der Waals surface area contributed by atoms with Gasteiger partial charge in [-0.1, -0.05) is 0 Å². The molecule has 1 aromatic rings. The summed E-state index contributed by atoms with van der Waals surface area (Å²) in [7, 11) is 0. The quantitative estimate of drug-likeness (QED) is 0.856. The summed E-state index contributed by atoms with van der Waals surface area (Å²) >= 11 is 0. The molecule has 2 fully saturated rings. The zero-order valence-electron chi connectivity index (χ0n) is 14.6. The van der Waals surface area contributed by atoms with E-state index in [0.29, 0.717) is 24.4 Å². The number of nitrogens with one attached hydrogen (secondary N) is 2. The normalized spacial score (nSPS) is 24.2. The molecular formula is C19H26N4O2. The third kappa shape index (κ3) is 3.81. The predicted octanol–water partition coefficient (Wildman–Crippen LogP) is 2.01. The van der Waals surface area contributed by atoms with Crippen molar-refractivity contribution in [2.45, 2.75) is 44.8 Å². The maximum atomic E-state index is 12.5. The minimum atomic E-state index is 0.00727. The Labute approximate surface area is 148 Å². The standard InChI is InChI=1S/C19H26N4O2/c24-17-10-15(18-2-1-9-25-18)23-19-14(17)5-8-22-16(19)12-21-11-13-3-6-20-7-4-13/h5,8,13,18,20-21H,1-4,6-7,9-12H2. The highest BCUT2D eigenvalue weighted by atomic mass is 16.5. The third-order valence-electron chi connectivity index (χ3n) is 5.38. The van der Waals surface area contributed by atoms with Crippen molar-refractivity contribution >= 4 is 17.2 Å². The molecule has 1 unspecified atom stereocenters. The molecule has 0 saturated carbocycles. The van der Waals surface area contributed by atoms with Gasteiger partial charge in [-0.15, -0.1) is 0 Å². The van der Waals surface area contributed by atoms with E-state index in [2.05, 4.69) is 15.6 Å². The molecular weight excluding hydrogens is 316 g/mol. The molecule has 2 N–H and O–H groups in total. The SMILES string of the molecule is O=C1CC(C2CCCO2)=Nc2c1ccnc2CNCC1CCNCC1. The second-order valence-corrected chi connectivity index (χ2v) is 7.18. The smallest absolute Gasteiger partial charge is 0.170 e. The van der Waals surface area contributed by atoms with Crippen molar-refractivity contribution in [2.24, 2.45) is 10.9 Å². The minimum Gasteiger partial charge on any atom is -0.372 e. The van der Waals surface area contributed by atoms with Gasteiger partial charge in [-0.25, -0.2) is 0 Å². The first-order valence-corrected chi connectivity index (χ1v) is 9.43. The van der Waals surface area contributed by atoms with Crippen LogP contribution in [0.4, 0.5) is 5.69 Å². The summed E-state index contributed by atoms with van der Waals surface area (Å²) in [6.45, 7) is 4.62. The number of hydrogen-bond donors (Lipinski definition) is 2. The van der Waals surface area contributed by atoms with Crippen LogP contribution in [0.3, 0.4) is 0 Å². The summed E-state index contributed by atoms with van der Waals surface area (Å²) in [6.07, 6.45) is 6.55.